The smallest absolute Gasteiger partial charge is 0.220 e. The standard InChI is InChI=1S/C9H20N2OS.ClH/c1-8(7-10)11-9(12)5-3-4-6-13-2;/h8H,3-7,10H2,1-2H3,(H,11,12);1H/t8-;/m0./s1. The second-order valence-electron chi connectivity index (χ2n) is 3.15. The van der Waals surface area contributed by atoms with Crippen LogP contribution < -0.4 is 11.1 Å². The molecule has 0 saturated heterocycles. The molecule has 86 valence electrons. The van der Waals surface area contributed by atoms with Gasteiger partial charge in [-0.25, -0.2) is 0 Å². The lowest BCUT2D eigenvalue weighted by atomic mass is 10.2. The maximum Gasteiger partial charge on any atom is 0.220 e. The summed E-state index contributed by atoms with van der Waals surface area (Å²) >= 11 is 1.82. The Bertz CT molecular complexity index is 147. The zero-order valence-electron chi connectivity index (χ0n) is 8.91. The maximum atomic E-state index is 11.2. The first-order valence-corrected chi connectivity index (χ1v) is 6.08. The molecule has 0 aromatic rings. The number of rotatable bonds is 7. The molecule has 0 radical (unpaired) electrons. The van der Waals surface area contributed by atoms with E-state index >= 15 is 0 Å². The molecule has 0 aliphatic rings. The number of carbonyl (C=O) groups excluding carboxylic acids is 1. The fraction of sp³-hybridized carbons (Fsp3) is 0.889. The average molecular weight is 241 g/mol. The summed E-state index contributed by atoms with van der Waals surface area (Å²) in [7, 11) is 0. The van der Waals surface area contributed by atoms with E-state index in [1.165, 1.54) is 0 Å². The van der Waals surface area contributed by atoms with Crippen molar-refractivity contribution in [3.63, 3.8) is 0 Å². The van der Waals surface area contributed by atoms with E-state index in [0.29, 0.717) is 13.0 Å². The lowest BCUT2D eigenvalue weighted by molar-refractivity contribution is -0.121. The van der Waals surface area contributed by atoms with Crippen LogP contribution in [-0.4, -0.2) is 30.5 Å². The van der Waals surface area contributed by atoms with E-state index < -0.39 is 0 Å². The van der Waals surface area contributed by atoms with Gasteiger partial charge in [0.2, 0.25) is 5.91 Å². The molecule has 0 unspecified atom stereocenters. The van der Waals surface area contributed by atoms with Crippen LogP contribution in [-0.2, 0) is 4.79 Å². The molecule has 0 fully saturated rings. The summed E-state index contributed by atoms with van der Waals surface area (Å²) in [6.45, 7) is 2.43. The van der Waals surface area contributed by atoms with Crippen LogP contribution in [0, 0.1) is 0 Å². The van der Waals surface area contributed by atoms with Crippen molar-refractivity contribution in [3.8, 4) is 0 Å². The minimum Gasteiger partial charge on any atom is -0.352 e. The fourth-order valence-electron chi connectivity index (χ4n) is 0.938. The highest BCUT2D eigenvalue weighted by molar-refractivity contribution is 7.98. The number of hydrogen-bond donors (Lipinski definition) is 2. The molecule has 0 bridgehead atoms. The van der Waals surface area contributed by atoms with Gasteiger partial charge in [0, 0.05) is 19.0 Å². The van der Waals surface area contributed by atoms with Gasteiger partial charge in [-0.2, -0.15) is 11.8 Å². The van der Waals surface area contributed by atoms with E-state index in [1.807, 2.05) is 18.7 Å². The molecule has 0 aliphatic carbocycles. The molecule has 1 amide bonds. The first-order chi connectivity index (χ1) is 6.20. The number of thioether (sulfide) groups is 1. The molecule has 0 aromatic carbocycles. The number of amides is 1. The van der Waals surface area contributed by atoms with Gasteiger partial charge in [-0.3, -0.25) is 4.79 Å². The van der Waals surface area contributed by atoms with Crippen LogP contribution >= 0.6 is 24.2 Å². The Hall–Kier alpha value is 0.0700. The Labute approximate surface area is 97.0 Å². The third-order valence-electron chi connectivity index (χ3n) is 1.76. The van der Waals surface area contributed by atoms with Crippen molar-refractivity contribution in [2.24, 2.45) is 5.73 Å². The predicted molar refractivity (Wildman–Crippen MR) is 66.1 cm³/mol. The van der Waals surface area contributed by atoms with Gasteiger partial charge < -0.3 is 11.1 Å². The lowest BCUT2D eigenvalue weighted by Crippen LogP contribution is -2.37. The number of hydrogen-bond acceptors (Lipinski definition) is 3. The number of nitrogens with one attached hydrogen (secondary N) is 1. The monoisotopic (exact) mass is 240 g/mol. The topological polar surface area (TPSA) is 55.1 Å². The van der Waals surface area contributed by atoms with E-state index in [0.717, 1.165) is 18.6 Å². The van der Waals surface area contributed by atoms with Crippen molar-refractivity contribution >= 4 is 30.1 Å². The van der Waals surface area contributed by atoms with Crippen LogP contribution in [0.5, 0.6) is 0 Å². The molecule has 3 N–H and O–H groups in total. The Morgan fingerprint density at radius 2 is 2.14 bits per heavy atom. The maximum absolute atomic E-state index is 11.2. The summed E-state index contributed by atoms with van der Waals surface area (Å²) in [4.78, 5) is 11.2. The second kappa shape index (κ2) is 11.1. The van der Waals surface area contributed by atoms with Crippen molar-refractivity contribution in [2.75, 3.05) is 18.6 Å². The summed E-state index contributed by atoms with van der Waals surface area (Å²) in [5, 5.41) is 2.84. The molecule has 0 spiro atoms. The second-order valence-corrected chi connectivity index (χ2v) is 4.14. The van der Waals surface area contributed by atoms with Gasteiger partial charge in [0.1, 0.15) is 0 Å². The van der Waals surface area contributed by atoms with Gasteiger partial charge in [0.15, 0.2) is 0 Å². The summed E-state index contributed by atoms with van der Waals surface area (Å²) in [6, 6.07) is 0.105. The number of unbranched alkanes of at least 4 members (excludes halogenated alkanes) is 1. The molecule has 1 atom stereocenters. The van der Waals surface area contributed by atoms with Gasteiger partial charge in [0.25, 0.3) is 0 Å². The summed E-state index contributed by atoms with van der Waals surface area (Å²) in [5.74, 6) is 1.26. The highest BCUT2D eigenvalue weighted by Gasteiger charge is 2.04. The zero-order chi connectivity index (χ0) is 10.1. The summed E-state index contributed by atoms with van der Waals surface area (Å²) in [6.07, 6.45) is 4.80. The number of halogens is 1. The van der Waals surface area contributed by atoms with E-state index in [4.69, 9.17) is 5.73 Å². The van der Waals surface area contributed by atoms with Crippen molar-refractivity contribution in [1.82, 2.24) is 5.32 Å². The molecule has 3 nitrogen and oxygen atoms in total. The largest absolute Gasteiger partial charge is 0.352 e. The van der Waals surface area contributed by atoms with E-state index in [-0.39, 0.29) is 24.4 Å². The third-order valence-corrected chi connectivity index (χ3v) is 2.46. The molecule has 14 heavy (non-hydrogen) atoms. The minimum atomic E-state index is 0. The van der Waals surface area contributed by atoms with Crippen LogP contribution in [0.2, 0.25) is 0 Å². The normalized spacial score (nSPS) is 11.6. The van der Waals surface area contributed by atoms with Crippen molar-refractivity contribution < 1.29 is 4.79 Å². The van der Waals surface area contributed by atoms with Crippen LogP contribution in [0.25, 0.3) is 0 Å². The van der Waals surface area contributed by atoms with Crippen LogP contribution in [0.3, 0.4) is 0 Å². The average Bonchev–Trinajstić information content (AvgIpc) is 2.12. The minimum absolute atomic E-state index is 0. The molecule has 0 aliphatic heterocycles. The summed E-state index contributed by atoms with van der Waals surface area (Å²) in [5.41, 5.74) is 5.38. The Kier molecular flexibility index (Phi) is 13.1. The van der Waals surface area contributed by atoms with E-state index in [1.54, 1.807) is 0 Å². The van der Waals surface area contributed by atoms with Gasteiger partial charge in [-0.15, -0.1) is 12.4 Å². The highest BCUT2D eigenvalue weighted by atomic mass is 35.5. The van der Waals surface area contributed by atoms with Gasteiger partial charge in [-0.05, 0) is 31.8 Å². The first-order valence-electron chi connectivity index (χ1n) is 4.69. The molecular formula is C9H21ClN2OS. The fourth-order valence-corrected chi connectivity index (χ4v) is 1.43. The van der Waals surface area contributed by atoms with Crippen molar-refractivity contribution in [3.05, 3.63) is 0 Å². The Morgan fingerprint density at radius 1 is 1.50 bits per heavy atom. The molecule has 0 aromatic heterocycles. The van der Waals surface area contributed by atoms with Crippen LogP contribution in [0.15, 0.2) is 0 Å². The van der Waals surface area contributed by atoms with E-state index in [9.17, 15) is 4.79 Å². The molecule has 0 rings (SSSR count). The van der Waals surface area contributed by atoms with Crippen molar-refractivity contribution in [1.29, 1.82) is 0 Å². The Morgan fingerprint density at radius 3 is 2.64 bits per heavy atom. The third kappa shape index (κ3) is 10.2. The van der Waals surface area contributed by atoms with Crippen LogP contribution in [0.4, 0.5) is 0 Å². The Balaban J connectivity index is 0. The van der Waals surface area contributed by atoms with Crippen LogP contribution in [0.1, 0.15) is 26.2 Å². The quantitative estimate of drug-likeness (QED) is 0.662. The van der Waals surface area contributed by atoms with Gasteiger partial charge in [0.05, 0.1) is 0 Å². The molecular weight excluding hydrogens is 220 g/mol. The number of carbonyl (C=O) groups is 1. The summed E-state index contributed by atoms with van der Waals surface area (Å²) < 4.78 is 0. The molecule has 0 heterocycles. The lowest BCUT2D eigenvalue weighted by Gasteiger charge is -2.10. The highest BCUT2D eigenvalue weighted by Crippen LogP contribution is 2.02. The van der Waals surface area contributed by atoms with Crippen molar-refractivity contribution in [2.45, 2.75) is 32.2 Å². The van der Waals surface area contributed by atoms with Gasteiger partial charge >= 0.3 is 0 Å². The molecule has 0 saturated carbocycles. The van der Waals surface area contributed by atoms with Gasteiger partial charge in [-0.1, -0.05) is 0 Å². The predicted octanol–water partition coefficient (Wildman–Crippen LogP) is 1.40. The molecule has 5 heteroatoms. The SMILES string of the molecule is CSCCCCC(=O)N[C@@H](C)CN.Cl. The number of nitrogens with two attached hydrogens (primary N) is 1. The first kappa shape index (κ1) is 16.5. The van der Waals surface area contributed by atoms with E-state index in [2.05, 4.69) is 11.6 Å². The zero-order valence-corrected chi connectivity index (χ0v) is 10.5.